The van der Waals surface area contributed by atoms with Gasteiger partial charge in [0.2, 0.25) is 10.0 Å². The topological polar surface area (TPSA) is 54.2 Å². The Hall–Kier alpha value is -2.76. The van der Waals surface area contributed by atoms with Crippen molar-refractivity contribution in [2.24, 2.45) is 0 Å². The number of hydrogen-bond donors (Lipinski definition) is 0. The highest BCUT2D eigenvalue weighted by Gasteiger charge is 2.60. The van der Waals surface area contributed by atoms with Crippen molar-refractivity contribution in [3.05, 3.63) is 101 Å². The lowest BCUT2D eigenvalue weighted by Crippen LogP contribution is -2.20. The Morgan fingerprint density at radius 3 is 1.78 bits per heavy atom. The van der Waals surface area contributed by atoms with Crippen LogP contribution in [0.2, 0.25) is 0 Å². The SMILES string of the molecule is Cc1ccc([C@H]2[C@H](C(=O)c3ccc(C(C)(C)C)cc3)N2S(=O)(=O)c2ccc(C)cc2)cc1. The summed E-state index contributed by atoms with van der Waals surface area (Å²) >= 11 is 0. The van der Waals surface area contributed by atoms with Gasteiger partial charge in [0.15, 0.2) is 5.78 Å². The van der Waals surface area contributed by atoms with E-state index in [2.05, 4.69) is 20.8 Å². The van der Waals surface area contributed by atoms with Gasteiger partial charge in [-0.05, 0) is 42.5 Å². The van der Waals surface area contributed by atoms with E-state index in [4.69, 9.17) is 0 Å². The van der Waals surface area contributed by atoms with Crippen LogP contribution in [0, 0.1) is 13.8 Å². The Balaban J connectivity index is 1.71. The Kier molecular flexibility index (Phi) is 5.60. The first-order chi connectivity index (χ1) is 15.0. The number of hydrogen-bond acceptors (Lipinski definition) is 3. The fraction of sp³-hybridized carbons (Fsp3) is 0.296. The summed E-state index contributed by atoms with van der Waals surface area (Å²) in [6.45, 7) is 10.3. The smallest absolute Gasteiger partial charge is 0.244 e. The Bertz CT molecular complexity index is 1240. The van der Waals surface area contributed by atoms with Crippen molar-refractivity contribution in [2.75, 3.05) is 0 Å². The molecule has 0 saturated carbocycles. The first-order valence-corrected chi connectivity index (χ1v) is 12.3. The van der Waals surface area contributed by atoms with Gasteiger partial charge in [-0.1, -0.05) is 92.6 Å². The van der Waals surface area contributed by atoms with Crippen LogP contribution in [0.1, 0.15) is 59.4 Å². The van der Waals surface area contributed by atoms with Gasteiger partial charge < -0.3 is 0 Å². The first-order valence-electron chi connectivity index (χ1n) is 10.8. The Morgan fingerprint density at radius 2 is 1.28 bits per heavy atom. The summed E-state index contributed by atoms with van der Waals surface area (Å²) in [7, 11) is -3.81. The van der Waals surface area contributed by atoms with Crippen LogP contribution in [0.15, 0.2) is 77.7 Å². The molecule has 0 amide bonds. The van der Waals surface area contributed by atoms with E-state index < -0.39 is 22.1 Å². The lowest BCUT2D eigenvalue weighted by Gasteiger charge is -2.19. The van der Waals surface area contributed by atoms with Crippen LogP contribution in [0.25, 0.3) is 0 Å². The molecule has 5 heteroatoms. The molecule has 4 nitrogen and oxygen atoms in total. The second-order valence-corrected chi connectivity index (χ2v) is 11.5. The molecule has 3 aromatic carbocycles. The van der Waals surface area contributed by atoms with Gasteiger partial charge in [0.25, 0.3) is 0 Å². The fourth-order valence-corrected chi connectivity index (χ4v) is 5.71. The molecule has 1 unspecified atom stereocenters. The maximum absolute atomic E-state index is 13.5. The monoisotopic (exact) mass is 447 g/mol. The van der Waals surface area contributed by atoms with Crippen molar-refractivity contribution in [1.29, 1.82) is 0 Å². The number of rotatable bonds is 5. The second kappa shape index (κ2) is 7.98. The Morgan fingerprint density at radius 1 is 0.781 bits per heavy atom. The largest absolute Gasteiger partial charge is 0.292 e. The number of carbonyl (C=O) groups excluding carboxylic acids is 1. The molecule has 1 saturated heterocycles. The molecule has 1 aliphatic rings. The van der Waals surface area contributed by atoms with Crippen molar-refractivity contribution >= 4 is 15.8 Å². The maximum atomic E-state index is 13.5. The van der Waals surface area contributed by atoms with Gasteiger partial charge >= 0.3 is 0 Å². The Labute approximate surface area is 191 Å². The molecular weight excluding hydrogens is 418 g/mol. The minimum absolute atomic E-state index is 0.0214. The number of aryl methyl sites for hydroxylation is 2. The van der Waals surface area contributed by atoms with Crippen LogP contribution in [0.5, 0.6) is 0 Å². The molecule has 0 N–H and O–H groups in total. The average Bonchev–Trinajstić information content (AvgIpc) is 3.50. The molecule has 0 bridgehead atoms. The number of ketones is 1. The van der Waals surface area contributed by atoms with Gasteiger partial charge in [-0.2, -0.15) is 4.31 Å². The molecule has 4 rings (SSSR count). The van der Waals surface area contributed by atoms with Crippen molar-refractivity contribution in [3.8, 4) is 0 Å². The molecule has 0 aliphatic carbocycles. The molecule has 3 atom stereocenters. The minimum Gasteiger partial charge on any atom is -0.292 e. The summed E-state index contributed by atoms with van der Waals surface area (Å²) in [6.07, 6.45) is 0. The summed E-state index contributed by atoms with van der Waals surface area (Å²) in [5.74, 6) is -0.174. The van der Waals surface area contributed by atoms with E-state index in [0.29, 0.717) is 5.56 Å². The normalized spacial score (nSPS) is 20.7. The van der Waals surface area contributed by atoms with Crippen LogP contribution in [-0.2, 0) is 15.4 Å². The third kappa shape index (κ3) is 4.15. The first kappa shape index (κ1) is 22.4. The van der Waals surface area contributed by atoms with Crippen molar-refractivity contribution in [1.82, 2.24) is 4.31 Å². The average molecular weight is 448 g/mol. The van der Waals surface area contributed by atoms with E-state index in [1.807, 2.05) is 62.4 Å². The molecule has 0 aromatic heterocycles. The zero-order valence-electron chi connectivity index (χ0n) is 19.2. The van der Waals surface area contributed by atoms with Gasteiger partial charge in [-0.15, -0.1) is 0 Å². The lowest BCUT2D eigenvalue weighted by atomic mass is 9.86. The zero-order valence-corrected chi connectivity index (χ0v) is 20.0. The van der Waals surface area contributed by atoms with Crippen LogP contribution in [0.4, 0.5) is 0 Å². The summed E-state index contributed by atoms with van der Waals surface area (Å²) in [5.41, 5.74) is 4.54. The van der Waals surface area contributed by atoms with E-state index in [9.17, 15) is 13.2 Å². The van der Waals surface area contributed by atoms with E-state index in [1.54, 1.807) is 24.3 Å². The minimum atomic E-state index is -3.81. The van der Waals surface area contributed by atoms with E-state index >= 15 is 0 Å². The highest BCUT2D eigenvalue weighted by Crippen LogP contribution is 2.49. The summed E-state index contributed by atoms with van der Waals surface area (Å²) < 4.78 is 28.3. The highest BCUT2D eigenvalue weighted by atomic mass is 32.2. The molecular formula is C27H29NO3S. The molecule has 3 aromatic rings. The summed E-state index contributed by atoms with van der Waals surface area (Å²) in [4.78, 5) is 13.7. The van der Waals surface area contributed by atoms with Gasteiger partial charge in [-0.25, -0.2) is 8.42 Å². The standard InChI is InChI=1S/C27H29NO3S/c1-18-6-10-20(11-7-18)24-25(26(29)21-12-14-22(15-13-21)27(3,4)5)28(24)32(30,31)23-16-8-19(2)9-17-23/h6-17,24-25H,1-5H3/t24-,25+,28?/m0/s1. The summed E-state index contributed by atoms with van der Waals surface area (Å²) in [5, 5.41) is 0. The van der Waals surface area contributed by atoms with E-state index in [0.717, 1.165) is 22.3 Å². The van der Waals surface area contributed by atoms with E-state index in [1.165, 1.54) is 4.31 Å². The predicted octanol–water partition coefficient (Wildman–Crippen LogP) is 5.60. The van der Waals surface area contributed by atoms with Crippen LogP contribution >= 0.6 is 0 Å². The number of sulfonamides is 1. The van der Waals surface area contributed by atoms with Gasteiger partial charge in [-0.3, -0.25) is 4.79 Å². The van der Waals surface area contributed by atoms with Gasteiger partial charge in [0, 0.05) is 5.56 Å². The lowest BCUT2D eigenvalue weighted by molar-refractivity contribution is 0.0981. The van der Waals surface area contributed by atoms with Crippen LogP contribution in [-0.4, -0.2) is 24.5 Å². The van der Waals surface area contributed by atoms with Crippen molar-refractivity contribution in [3.63, 3.8) is 0 Å². The van der Waals surface area contributed by atoms with Crippen molar-refractivity contribution in [2.45, 2.75) is 57.0 Å². The van der Waals surface area contributed by atoms with Gasteiger partial charge in [0.05, 0.1) is 10.9 Å². The molecule has 1 aliphatic heterocycles. The molecule has 0 radical (unpaired) electrons. The molecule has 32 heavy (non-hydrogen) atoms. The van der Waals surface area contributed by atoms with Crippen molar-refractivity contribution < 1.29 is 13.2 Å². The van der Waals surface area contributed by atoms with Crippen LogP contribution < -0.4 is 0 Å². The van der Waals surface area contributed by atoms with Crippen LogP contribution in [0.3, 0.4) is 0 Å². The molecule has 166 valence electrons. The van der Waals surface area contributed by atoms with E-state index in [-0.39, 0.29) is 16.1 Å². The maximum Gasteiger partial charge on any atom is 0.244 e. The highest BCUT2D eigenvalue weighted by molar-refractivity contribution is 7.89. The van der Waals surface area contributed by atoms with Gasteiger partial charge in [0.1, 0.15) is 6.04 Å². The molecule has 1 fully saturated rings. The molecule has 1 heterocycles. The zero-order chi connectivity index (χ0) is 23.3. The third-order valence-corrected chi connectivity index (χ3v) is 7.95. The third-order valence-electron chi connectivity index (χ3n) is 6.08. The number of Topliss-reactive ketones (excluding diaryl/α,β-unsaturated/α-hetero) is 1. The quantitative estimate of drug-likeness (QED) is 0.378. The molecule has 0 spiro atoms. The number of carbonyl (C=O) groups is 1. The number of benzene rings is 3. The predicted molar refractivity (Wildman–Crippen MR) is 127 cm³/mol. The number of nitrogens with zero attached hydrogens (tertiary/aromatic N) is 1. The summed E-state index contributed by atoms with van der Waals surface area (Å²) in [6, 6.07) is 20.8. The second-order valence-electron chi connectivity index (χ2n) is 9.64. The fourth-order valence-electron chi connectivity index (χ4n) is 4.00.